The van der Waals surface area contributed by atoms with Gasteiger partial charge in [0.15, 0.2) is 7.05 Å². The van der Waals surface area contributed by atoms with Gasteiger partial charge in [-0.3, -0.25) is 0 Å². The van der Waals surface area contributed by atoms with Crippen LogP contribution < -0.4 is 29.1 Å². The predicted octanol–water partition coefficient (Wildman–Crippen LogP) is -4.61. The Balaban J connectivity index is 0.000000292. The summed E-state index contributed by atoms with van der Waals surface area (Å²) in [6.45, 7) is 0. The molecule has 1 aromatic heterocycles. The second-order valence-corrected chi connectivity index (χ2v) is 3.26. The van der Waals surface area contributed by atoms with Gasteiger partial charge in [0.05, 0.1) is 5.69 Å². The average molecular weight is 244 g/mol. The van der Waals surface area contributed by atoms with Crippen LogP contribution in [0.4, 0.5) is 5.69 Å². The van der Waals surface area contributed by atoms with Crippen LogP contribution in [0.25, 0.3) is 0 Å². The van der Waals surface area contributed by atoms with Crippen molar-refractivity contribution in [1.29, 1.82) is 0 Å². The van der Waals surface area contributed by atoms with Crippen molar-refractivity contribution in [2.75, 3.05) is 5.73 Å². The molecule has 0 aliphatic carbocycles. The smallest absolute Gasteiger partial charge is 0.302 e. The maximum Gasteiger partial charge on any atom is 0.302 e. The molecule has 0 unspecified atom stereocenters. The molecule has 0 amide bonds. The fraction of sp³-hybridized carbons (Fsp3) is 0.200. The first kappa shape index (κ1) is 13.3. The standard InChI is InChI=1S/C5H6ClN3.ClHO4/c1-9-5(6)2-4(7)3-8-9;2-1(3,4)5/h2-3,7H,1H3;(H,2,3,4,5). The highest BCUT2D eigenvalue weighted by Crippen LogP contribution is 2.02. The van der Waals surface area contributed by atoms with E-state index in [0.717, 1.165) is 0 Å². The quantitative estimate of drug-likeness (QED) is 0.456. The molecule has 0 aliphatic rings. The number of aryl methyl sites for hydroxylation is 1. The summed E-state index contributed by atoms with van der Waals surface area (Å²) >= 11 is 5.63. The van der Waals surface area contributed by atoms with Crippen molar-refractivity contribution in [3.63, 3.8) is 0 Å². The van der Waals surface area contributed by atoms with Crippen molar-refractivity contribution in [3.05, 3.63) is 17.4 Å². The van der Waals surface area contributed by atoms with Crippen LogP contribution >= 0.6 is 11.6 Å². The van der Waals surface area contributed by atoms with Crippen LogP contribution in [0.2, 0.25) is 5.15 Å². The van der Waals surface area contributed by atoms with Crippen LogP contribution in [-0.2, 0) is 7.05 Å². The lowest BCUT2D eigenvalue weighted by atomic mass is 10.5. The fourth-order valence-electron chi connectivity index (χ4n) is 0.477. The van der Waals surface area contributed by atoms with E-state index in [1.807, 2.05) is 0 Å². The first-order valence-electron chi connectivity index (χ1n) is 3.09. The Hall–Kier alpha value is -0.700. The number of nitrogens with zero attached hydrogens (tertiary/aromatic N) is 2. The molecule has 80 valence electrons. The molecular weight excluding hydrogens is 237 g/mol. The summed E-state index contributed by atoms with van der Waals surface area (Å²) in [6, 6.07) is 1.65. The molecule has 0 spiro atoms. The van der Waals surface area contributed by atoms with E-state index in [1.54, 1.807) is 19.3 Å². The number of halogens is 2. The average Bonchev–Trinajstić information content (AvgIpc) is 1.94. The van der Waals surface area contributed by atoms with Gasteiger partial charge in [-0.2, -0.15) is 0 Å². The lowest BCUT2D eigenvalue weighted by Gasteiger charge is -2.17. The minimum Gasteiger partial charge on any atom is -0.397 e. The van der Waals surface area contributed by atoms with Gasteiger partial charge in [0.25, 0.3) is 0 Å². The topological polar surface area (TPSA) is 135 Å². The summed E-state index contributed by atoms with van der Waals surface area (Å²) in [5.41, 5.74) is 5.95. The lowest BCUT2D eigenvalue weighted by Crippen LogP contribution is -2.68. The van der Waals surface area contributed by atoms with E-state index in [0.29, 0.717) is 10.8 Å². The zero-order chi connectivity index (χ0) is 11.4. The van der Waals surface area contributed by atoms with Gasteiger partial charge >= 0.3 is 5.15 Å². The predicted molar refractivity (Wildman–Crippen MR) is 34.8 cm³/mol. The van der Waals surface area contributed by atoms with Crippen molar-refractivity contribution in [3.8, 4) is 0 Å². The summed E-state index contributed by atoms with van der Waals surface area (Å²) in [7, 11) is -3.19. The Morgan fingerprint density at radius 3 is 2.14 bits per heavy atom. The number of hydrogen-bond donors (Lipinski definition) is 1. The number of nitrogens with two attached hydrogens (primary N) is 1. The molecule has 0 atom stereocenters. The Bertz CT molecular complexity index is 298. The molecule has 0 aromatic carbocycles. The highest BCUT2D eigenvalue weighted by Gasteiger charge is 2.02. The Labute approximate surface area is 86.7 Å². The van der Waals surface area contributed by atoms with Crippen molar-refractivity contribution in [2.45, 2.75) is 0 Å². The van der Waals surface area contributed by atoms with Crippen LogP contribution in [-0.4, -0.2) is 5.10 Å². The highest BCUT2D eigenvalue weighted by atomic mass is 35.7. The van der Waals surface area contributed by atoms with Gasteiger partial charge in [-0.25, -0.2) is 18.6 Å². The fourth-order valence-corrected chi connectivity index (χ4v) is 0.646. The highest BCUT2D eigenvalue weighted by molar-refractivity contribution is 6.28. The molecule has 0 aliphatic heterocycles. The molecule has 9 heteroatoms. The van der Waals surface area contributed by atoms with Gasteiger partial charge in [-0.05, 0) is 16.7 Å². The number of anilines is 1. The summed E-state index contributed by atoms with van der Waals surface area (Å²) in [5.74, 6) is 0. The zero-order valence-electron chi connectivity index (χ0n) is 7.02. The Morgan fingerprint density at radius 2 is 1.86 bits per heavy atom. The van der Waals surface area contributed by atoms with Gasteiger partial charge in [0.1, 0.15) is 6.20 Å². The molecule has 0 radical (unpaired) electrons. The van der Waals surface area contributed by atoms with Crippen molar-refractivity contribution in [1.82, 2.24) is 5.10 Å². The molecule has 0 saturated carbocycles. The van der Waals surface area contributed by atoms with Gasteiger partial charge in [-0.1, -0.05) is 4.68 Å². The third-order valence-electron chi connectivity index (χ3n) is 0.975. The minimum absolute atomic E-state index is 0.537. The number of aromatic nitrogens is 2. The maximum absolute atomic E-state index is 8.49. The van der Waals surface area contributed by atoms with Crippen LogP contribution in [0.15, 0.2) is 12.3 Å². The largest absolute Gasteiger partial charge is 0.397 e. The molecule has 0 fully saturated rings. The van der Waals surface area contributed by atoms with Crippen LogP contribution in [0.5, 0.6) is 0 Å². The molecule has 14 heavy (non-hydrogen) atoms. The summed E-state index contributed by atoms with van der Waals surface area (Å²) in [5, 5.41) is 4.38. The van der Waals surface area contributed by atoms with E-state index < -0.39 is 10.2 Å². The Kier molecular flexibility index (Phi) is 4.99. The number of hydrogen-bond acceptors (Lipinski definition) is 6. The molecule has 2 N–H and O–H groups in total. The Morgan fingerprint density at radius 1 is 1.43 bits per heavy atom. The van der Waals surface area contributed by atoms with Crippen LogP contribution in [0.3, 0.4) is 0 Å². The minimum atomic E-state index is -4.94. The molecule has 1 rings (SSSR count). The third-order valence-corrected chi connectivity index (χ3v) is 1.33. The third kappa shape index (κ3) is 7.92. The van der Waals surface area contributed by atoms with Crippen LogP contribution in [0.1, 0.15) is 0 Å². The SMILES string of the molecule is C[n+]1ncc(N)cc1Cl.[O-][Cl+3]([O-])([O-])[O-]. The van der Waals surface area contributed by atoms with Gasteiger partial charge in [0.2, 0.25) is 0 Å². The van der Waals surface area contributed by atoms with Crippen molar-refractivity contribution in [2.24, 2.45) is 7.05 Å². The maximum atomic E-state index is 8.49. The second-order valence-electron chi connectivity index (χ2n) is 2.11. The molecular formula is C5H7Cl2N3O4. The van der Waals surface area contributed by atoms with Crippen LogP contribution in [0, 0.1) is 10.2 Å². The lowest BCUT2D eigenvalue weighted by molar-refractivity contribution is -2.00. The molecule has 0 saturated heterocycles. The number of nitrogen functional groups attached to an aromatic ring is 1. The monoisotopic (exact) mass is 243 g/mol. The van der Waals surface area contributed by atoms with E-state index in [9.17, 15) is 0 Å². The summed E-state index contributed by atoms with van der Waals surface area (Å²) in [4.78, 5) is 0. The first-order chi connectivity index (χ1) is 6.20. The van der Waals surface area contributed by atoms with Gasteiger partial charge in [0, 0.05) is 6.07 Å². The summed E-state index contributed by atoms with van der Waals surface area (Å²) in [6.07, 6.45) is 1.55. The molecule has 1 heterocycles. The normalized spacial score (nSPS) is 10.4. The van der Waals surface area contributed by atoms with Gasteiger partial charge in [-0.15, -0.1) is 10.2 Å². The van der Waals surface area contributed by atoms with Gasteiger partial charge < -0.3 is 5.73 Å². The van der Waals surface area contributed by atoms with Crippen molar-refractivity contribution < 1.29 is 33.6 Å². The zero-order valence-corrected chi connectivity index (χ0v) is 8.53. The van der Waals surface area contributed by atoms with E-state index >= 15 is 0 Å². The molecule has 7 nitrogen and oxygen atoms in total. The molecule has 0 bridgehead atoms. The van der Waals surface area contributed by atoms with E-state index in [-0.39, 0.29) is 0 Å². The van der Waals surface area contributed by atoms with E-state index in [4.69, 9.17) is 36.0 Å². The number of rotatable bonds is 0. The first-order valence-corrected chi connectivity index (χ1v) is 4.70. The summed E-state index contributed by atoms with van der Waals surface area (Å²) < 4.78 is 35.5. The molecule has 1 aromatic rings. The van der Waals surface area contributed by atoms with E-state index in [2.05, 4.69) is 5.10 Å². The second kappa shape index (κ2) is 5.25. The van der Waals surface area contributed by atoms with Crippen molar-refractivity contribution >= 4 is 17.3 Å². The van der Waals surface area contributed by atoms with E-state index in [1.165, 1.54) is 4.68 Å².